The first-order valence-electron chi connectivity index (χ1n) is 10.3. The van der Waals surface area contributed by atoms with Crippen LogP contribution in [0, 0.1) is 0 Å². The van der Waals surface area contributed by atoms with Gasteiger partial charge in [-0.25, -0.2) is 0 Å². The van der Waals surface area contributed by atoms with Crippen LogP contribution < -0.4 is 20.1 Å². The van der Waals surface area contributed by atoms with Crippen LogP contribution in [-0.2, 0) is 0 Å². The van der Waals surface area contributed by atoms with Gasteiger partial charge >= 0.3 is 0 Å². The van der Waals surface area contributed by atoms with E-state index in [-0.39, 0.29) is 11.7 Å². The van der Waals surface area contributed by atoms with Crippen molar-refractivity contribution in [1.82, 2.24) is 0 Å². The zero-order chi connectivity index (χ0) is 24.1. The summed E-state index contributed by atoms with van der Waals surface area (Å²) >= 11 is 5.93. The summed E-state index contributed by atoms with van der Waals surface area (Å²) in [6.45, 7) is 0. The first kappa shape index (κ1) is 22.9. The Labute approximate surface area is 201 Å². The average Bonchev–Trinajstić information content (AvgIpc) is 3.36. The number of benzene rings is 3. The minimum Gasteiger partial charge on any atom is -0.494 e. The van der Waals surface area contributed by atoms with E-state index in [1.807, 2.05) is 6.07 Å². The van der Waals surface area contributed by atoms with Crippen molar-refractivity contribution in [2.24, 2.45) is 0 Å². The molecule has 1 aromatic heterocycles. The molecule has 0 aliphatic rings. The van der Waals surface area contributed by atoms with E-state index >= 15 is 0 Å². The molecule has 0 atom stereocenters. The van der Waals surface area contributed by atoms with Gasteiger partial charge in [0.05, 0.1) is 25.6 Å². The molecule has 2 amide bonds. The summed E-state index contributed by atoms with van der Waals surface area (Å²) in [6, 6.07) is 22.3. The number of halogens is 1. The lowest BCUT2D eigenvalue weighted by Crippen LogP contribution is -2.14. The maximum absolute atomic E-state index is 12.8. The van der Waals surface area contributed by atoms with Crippen molar-refractivity contribution in [2.45, 2.75) is 0 Å². The zero-order valence-corrected chi connectivity index (χ0v) is 19.2. The van der Waals surface area contributed by atoms with Crippen molar-refractivity contribution >= 4 is 34.8 Å². The number of carbonyl (C=O) groups excluding carboxylic acids is 2. The number of methoxy groups -OCH3 is 2. The minimum absolute atomic E-state index is 0.118. The van der Waals surface area contributed by atoms with Crippen LogP contribution >= 0.6 is 11.6 Å². The molecule has 0 radical (unpaired) electrons. The Morgan fingerprint density at radius 3 is 1.94 bits per heavy atom. The Balaban J connectivity index is 1.55. The van der Waals surface area contributed by atoms with Gasteiger partial charge in [-0.1, -0.05) is 29.8 Å². The van der Waals surface area contributed by atoms with Crippen LogP contribution in [0.4, 0.5) is 11.4 Å². The molecule has 8 heteroatoms. The third-order valence-electron chi connectivity index (χ3n) is 5.01. The summed E-state index contributed by atoms with van der Waals surface area (Å²) in [5, 5.41) is 6.18. The van der Waals surface area contributed by atoms with E-state index < -0.39 is 5.91 Å². The number of furan rings is 1. The normalized spacial score (nSPS) is 10.4. The molecule has 0 saturated carbocycles. The van der Waals surface area contributed by atoms with Gasteiger partial charge in [0.1, 0.15) is 17.3 Å². The lowest BCUT2D eigenvalue weighted by Gasteiger charge is -2.16. The van der Waals surface area contributed by atoms with E-state index in [1.54, 1.807) is 72.8 Å². The SMILES string of the molecule is COc1cc(NC(=O)c2ccc(-c3ccc(Cl)cc3)o2)c(OC)cc1NC(=O)c1ccccc1. The van der Waals surface area contributed by atoms with Crippen molar-refractivity contribution in [3.8, 4) is 22.8 Å². The minimum atomic E-state index is -0.471. The fourth-order valence-corrected chi connectivity index (χ4v) is 3.42. The van der Waals surface area contributed by atoms with Crippen LogP contribution in [0.3, 0.4) is 0 Å². The third kappa shape index (κ3) is 5.05. The highest BCUT2D eigenvalue weighted by molar-refractivity contribution is 6.30. The summed E-state index contributed by atoms with van der Waals surface area (Å²) in [4.78, 5) is 25.4. The molecule has 0 saturated heterocycles. The highest BCUT2D eigenvalue weighted by atomic mass is 35.5. The number of rotatable bonds is 7. The van der Waals surface area contributed by atoms with E-state index in [1.165, 1.54) is 14.2 Å². The lowest BCUT2D eigenvalue weighted by atomic mass is 10.2. The average molecular weight is 477 g/mol. The summed E-state index contributed by atoms with van der Waals surface area (Å²) in [7, 11) is 2.93. The van der Waals surface area contributed by atoms with Crippen LogP contribution in [0.25, 0.3) is 11.3 Å². The second-order valence-corrected chi connectivity index (χ2v) is 7.63. The van der Waals surface area contributed by atoms with Gasteiger partial charge in [-0.15, -0.1) is 0 Å². The number of carbonyl (C=O) groups is 2. The summed E-state index contributed by atoms with van der Waals surface area (Å²) < 4.78 is 16.6. The largest absolute Gasteiger partial charge is 0.494 e. The molecule has 0 aliphatic carbocycles. The highest BCUT2D eigenvalue weighted by Crippen LogP contribution is 2.37. The number of anilines is 2. The number of hydrogen-bond acceptors (Lipinski definition) is 5. The fourth-order valence-electron chi connectivity index (χ4n) is 3.29. The molecular formula is C26H21ClN2O5. The summed E-state index contributed by atoms with van der Waals surface area (Å²) in [6.07, 6.45) is 0. The van der Waals surface area contributed by atoms with E-state index in [4.69, 9.17) is 25.5 Å². The van der Waals surface area contributed by atoms with Crippen molar-refractivity contribution in [1.29, 1.82) is 0 Å². The molecule has 0 unspecified atom stereocenters. The quantitative estimate of drug-likeness (QED) is 0.335. The van der Waals surface area contributed by atoms with Crippen molar-refractivity contribution in [3.63, 3.8) is 0 Å². The number of nitrogens with one attached hydrogen (secondary N) is 2. The molecule has 4 rings (SSSR count). The Kier molecular flexibility index (Phi) is 6.85. The third-order valence-corrected chi connectivity index (χ3v) is 5.26. The van der Waals surface area contributed by atoms with Gasteiger partial charge in [-0.2, -0.15) is 0 Å². The van der Waals surface area contributed by atoms with Gasteiger partial charge in [0, 0.05) is 28.3 Å². The van der Waals surface area contributed by atoms with Crippen molar-refractivity contribution in [3.05, 3.63) is 95.2 Å². The number of hydrogen-bond donors (Lipinski definition) is 2. The topological polar surface area (TPSA) is 89.8 Å². The lowest BCUT2D eigenvalue weighted by molar-refractivity contribution is 0.0994. The van der Waals surface area contributed by atoms with Crippen molar-refractivity contribution in [2.75, 3.05) is 24.9 Å². The maximum Gasteiger partial charge on any atom is 0.291 e. The monoisotopic (exact) mass is 476 g/mol. The Morgan fingerprint density at radius 1 is 0.765 bits per heavy atom. The van der Waals surface area contributed by atoms with Gasteiger partial charge in [0.15, 0.2) is 5.76 Å². The Bertz CT molecular complexity index is 1320. The van der Waals surface area contributed by atoms with Crippen LogP contribution in [0.15, 0.2) is 83.3 Å². The van der Waals surface area contributed by atoms with Crippen LogP contribution in [0.5, 0.6) is 11.5 Å². The van der Waals surface area contributed by atoms with Gasteiger partial charge in [0.25, 0.3) is 11.8 Å². The second kappa shape index (κ2) is 10.1. The molecule has 1 heterocycles. The predicted molar refractivity (Wildman–Crippen MR) is 131 cm³/mol. The smallest absolute Gasteiger partial charge is 0.291 e. The van der Waals surface area contributed by atoms with Gasteiger partial charge < -0.3 is 24.5 Å². The Hall–Kier alpha value is -4.23. The summed E-state index contributed by atoms with van der Waals surface area (Å²) in [5.74, 6) is 0.561. The standard InChI is InChI=1S/C26H21ClN2O5/c1-32-23-15-20(24(33-2)14-19(23)28-25(30)17-6-4-3-5-7-17)29-26(31)22-13-12-21(34-22)16-8-10-18(27)11-9-16/h3-15H,1-2H3,(H,28,30)(H,29,31). The molecule has 3 aromatic carbocycles. The molecular weight excluding hydrogens is 456 g/mol. The first-order chi connectivity index (χ1) is 16.5. The molecule has 172 valence electrons. The van der Waals surface area contributed by atoms with E-state index in [9.17, 15) is 9.59 Å². The zero-order valence-electron chi connectivity index (χ0n) is 18.4. The van der Waals surface area contributed by atoms with Gasteiger partial charge in [-0.3, -0.25) is 9.59 Å². The molecule has 4 aromatic rings. The first-order valence-corrected chi connectivity index (χ1v) is 10.7. The molecule has 2 N–H and O–H groups in total. The van der Waals surface area contributed by atoms with Crippen LogP contribution in [0.1, 0.15) is 20.9 Å². The summed E-state index contributed by atoms with van der Waals surface area (Å²) in [5.41, 5.74) is 2.04. The number of ether oxygens (including phenoxy) is 2. The van der Waals surface area contributed by atoms with Gasteiger partial charge in [0.2, 0.25) is 0 Å². The van der Waals surface area contributed by atoms with E-state index in [2.05, 4.69) is 10.6 Å². The van der Waals surface area contributed by atoms with Crippen molar-refractivity contribution < 1.29 is 23.5 Å². The fraction of sp³-hybridized carbons (Fsp3) is 0.0769. The maximum atomic E-state index is 12.8. The van der Waals surface area contributed by atoms with Gasteiger partial charge in [-0.05, 0) is 48.5 Å². The van der Waals surface area contributed by atoms with E-state index in [0.29, 0.717) is 39.2 Å². The molecule has 34 heavy (non-hydrogen) atoms. The van der Waals surface area contributed by atoms with Crippen LogP contribution in [0.2, 0.25) is 5.02 Å². The molecule has 0 spiro atoms. The number of amides is 2. The molecule has 0 bridgehead atoms. The van der Waals surface area contributed by atoms with Crippen LogP contribution in [-0.4, -0.2) is 26.0 Å². The van der Waals surface area contributed by atoms with E-state index in [0.717, 1.165) is 5.56 Å². The molecule has 0 fully saturated rings. The molecule has 0 aliphatic heterocycles. The predicted octanol–water partition coefficient (Wildman–Crippen LogP) is 6.12. The molecule has 7 nitrogen and oxygen atoms in total. The second-order valence-electron chi connectivity index (χ2n) is 7.20. The highest BCUT2D eigenvalue weighted by Gasteiger charge is 2.18. The Morgan fingerprint density at radius 2 is 1.35 bits per heavy atom.